The van der Waals surface area contributed by atoms with Crippen LogP contribution in [0.25, 0.3) is 0 Å². The largest absolute Gasteiger partial charge is 0.445 e. The fraction of sp³-hybridized carbons (Fsp3) is 0.633. The number of nitrogens with zero attached hydrogens (tertiary/aromatic N) is 1. The number of ether oxygens (including phenoxy) is 2. The van der Waals surface area contributed by atoms with Crippen LogP contribution in [0.5, 0.6) is 0 Å². The lowest BCUT2D eigenvalue weighted by molar-refractivity contribution is -0.171. The monoisotopic (exact) mass is 1000 g/mol. The van der Waals surface area contributed by atoms with Gasteiger partial charge >= 0.3 is 5.97 Å². The van der Waals surface area contributed by atoms with Crippen molar-refractivity contribution < 1.29 is 62.5 Å². The summed E-state index contributed by atoms with van der Waals surface area (Å²) in [6.07, 6.45) is 4.82. The van der Waals surface area contributed by atoms with Gasteiger partial charge in [-0.05, 0) is 69.3 Å². The Balaban J connectivity index is 1.71. The topological polar surface area (TPSA) is 323 Å². The lowest BCUT2D eigenvalue weighted by Gasteiger charge is -2.25. The summed E-state index contributed by atoms with van der Waals surface area (Å²) in [4.78, 5) is 127. The number of amides is 9. The van der Waals surface area contributed by atoms with Gasteiger partial charge in [0.25, 0.3) is 0 Å². The third kappa shape index (κ3) is 24.4. The Morgan fingerprint density at radius 1 is 0.817 bits per heavy atom. The first kappa shape index (κ1) is 60.9. The molecule has 1 heterocycles. The first-order valence-electron chi connectivity index (χ1n) is 24.3. The molecule has 22 nitrogen and oxygen atoms in total. The van der Waals surface area contributed by atoms with Gasteiger partial charge in [-0.1, -0.05) is 70.5 Å². The van der Waals surface area contributed by atoms with Crippen molar-refractivity contribution in [2.45, 2.75) is 142 Å². The highest BCUT2D eigenvalue weighted by molar-refractivity contribution is 6.04. The van der Waals surface area contributed by atoms with Crippen LogP contribution in [0.15, 0.2) is 43.0 Å². The molecule has 0 spiro atoms. The van der Waals surface area contributed by atoms with E-state index in [2.05, 4.69) is 43.8 Å². The molecule has 22 heteroatoms. The molecular weight excluding hydrogens is 923 g/mol. The Labute approximate surface area is 416 Å². The number of carbonyl (C=O) groups is 10. The molecule has 0 radical (unpaired) electrons. The molecule has 10 N–H and O–H groups in total. The molecule has 1 aromatic rings. The van der Waals surface area contributed by atoms with E-state index in [0.29, 0.717) is 57.1 Å². The minimum Gasteiger partial charge on any atom is -0.445 e. The molecule has 0 saturated carbocycles. The number of allylic oxidation sites excluding steroid dienone is 1. The SMILES string of the molecule is C=CCC[C@@H](CCCNC(=O)CC[C@@](O)(CC)C(=O)OC(C)N)NC(=O)COCNC(=O)CNC(=O)[C@H](Cc1ccccc1)NC(=O)CNC(=O)CNC(=O)CCCCCN1C(=O)CC(C(C)(C)C)C1=O. The second-order valence-electron chi connectivity index (χ2n) is 18.6. The molecule has 2 unspecified atom stereocenters. The van der Waals surface area contributed by atoms with Crippen LogP contribution in [0, 0.1) is 11.3 Å². The predicted octanol–water partition coefficient (Wildman–Crippen LogP) is 0.251. The summed E-state index contributed by atoms with van der Waals surface area (Å²) in [5.74, 6) is -5.43. The average Bonchev–Trinajstić information content (AvgIpc) is 3.62. The van der Waals surface area contributed by atoms with Gasteiger partial charge in [0.05, 0.1) is 25.6 Å². The molecule has 0 aliphatic carbocycles. The number of likely N-dealkylation sites (tertiary alicyclic amines) is 1. The maximum absolute atomic E-state index is 13.2. The third-order valence-electron chi connectivity index (χ3n) is 11.6. The summed E-state index contributed by atoms with van der Waals surface area (Å²) in [6.45, 7) is 11.0. The molecule has 71 heavy (non-hydrogen) atoms. The lowest BCUT2D eigenvalue weighted by Crippen LogP contribution is -2.52. The van der Waals surface area contributed by atoms with Crippen LogP contribution in [0.3, 0.4) is 0 Å². The zero-order valence-corrected chi connectivity index (χ0v) is 42.0. The summed E-state index contributed by atoms with van der Waals surface area (Å²) in [5.41, 5.74) is 4.05. The number of hydrogen-bond donors (Lipinski definition) is 9. The number of imide groups is 1. The minimum atomic E-state index is -1.83. The van der Waals surface area contributed by atoms with E-state index in [1.165, 1.54) is 11.8 Å². The summed E-state index contributed by atoms with van der Waals surface area (Å²) < 4.78 is 10.2. The van der Waals surface area contributed by atoms with E-state index < -0.39 is 66.5 Å². The molecule has 0 bridgehead atoms. The van der Waals surface area contributed by atoms with E-state index in [4.69, 9.17) is 15.2 Å². The van der Waals surface area contributed by atoms with Gasteiger partial charge in [-0.15, -0.1) is 6.58 Å². The smallest absolute Gasteiger partial charge is 0.339 e. The van der Waals surface area contributed by atoms with Crippen molar-refractivity contribution in [2.75, 3.05) is 46.1 Å². The summed E-state index contributed by atoms with van der Waals surface area (Å²) >= 11 is 0. The van der Waals surface area contributed by atoms with Gasteiger partial charge in [-0.2, -0.15) is 0 Å². The average molecular weight is 1000 g/mol. The van der Waals surface area contributed by atoms with Crippen LogP contribution in [-0.2, 0) is 63.8 Å². The van der Waals surface area contributed by atoms with Crippen LogP contribution in [0.4, 0.5) is 0 Å². The Bertz CT molecular complexity index is 1960. The van der Waals surface area contributed by atoms with Crippen molar-refractivity contribution in [2.24, 2.45) is 17.1 Å². The molecule has 1 saturated heterocycles. The molecule has 0 aromatic heterocycles. The molecule has 1 aliphatic rings. The van der Waals surface area contributed by atoms with Gasteiger partial charge in [0.1, 0.15) is 25.6 Å². The van der Waals surface area contributed by atoms with Crippen LogP contribution in [0.1, 0.15) is 117 Å². The van der Waals surface area contributed by atoms with Crippen LogP contribution in [-0.4, -0.2) is 139 Å². The first-order chi connectivity index (χ1) is 33.6. The van der Waals surface area contributed by atoms with Gasteiger partial charge < -0.3 is 51.8 Å². The quantitative estimate of drug-likeness (QED) is 0.0147. The zero-order chi connectivity index (χ0) is 53.0. The fourth-order valence-electron chi connectivity index (χ4n) is 7.33. The highest BCUT2D eigenvalue weighted by Crippen LogP contribution is 2.35. The maximum Gasteiger partial charge on any atom is 0.339 e. The van der Waals surface area contributed by atoms with Crippen LogP contribution >= 0.6 is 0 Å². The van der Waals surface area contributed by atoms with Gasteiger partial charge in [0.15, 0.2) is 5.60 Å². The summed E-state index contributed by atoms with van der Waals surface area (Å²) in [7, 11) is 0. The Kier molecular flexibility index (Phi) is 27.3. The Morgan fingerprint density at radius 2 is 1.46 bits per heavy atom. The van der Waals surface area contributed by atoms with Crippen molar-refractivity contribution >= 4 is 59.1 Å². The second-order valence-corrected chi connectivity index (χ2v) is 18.6. The van der Waals surface area contributed by atoms with Gasteiger partial charge in [-0.25, -0.2) is 4.79 Å². The molecule has 1 aliphatic heterocycles. The number of rotatable bonds is 34. The highest BCUT2D eigenvalue weighted by Gasteiger charge is 2.44. The van der Waals surface area contributed by atoms with Crippen LogP contribution in [0.2, 0.25) is 0 Å². The fourth-order valence-corrected chi connectivity index (χ4v) is 7.33. The van der Waals surface area contributed by atoms with Crippen molar-refractivity contribution in [1.29, 1.82) is 0 Å². The number of benzene rings is 1. The number of unbranched alkanes of at least 4 members (excludes halogenated alkanes) is 2. The molecule has 1 fully saturated rings. The van der Waals surface area contributed by atoms with E-state index in [1.54, 1.807) is 43.3 Å². The van der Waals surface area contributed by atoms with Crippen LogP contribution < -0.4 is 43.0 Å². The highest BCUT2D eigenvalue weighted by atomic mass is 16.6. The minimum absolute atomic E-state index is 0.0458. The van der Waals surface area contributed by atoms with Gasteiger partial charge in [0.2, 0.25) is 53.2 Å². The zero-order valence-electron chi connectivity index (χ0n) is 42.0. The number of nitrogens with one attached hydrogen (secondary N) is 7. The van der Waals surface area contributed by atoms with Crippen molar-refractivity contribution in [3.05, 3.63) is 48.6 Å². The number of hydrogen-bond acceptors (Lipinski definition) is 14. The molecule has 5 atom stereocenters. The van der Waals surface area contributed by atoms with Crippen molar-refractivity contribution in [3.8, 4) is 0 Å². The number of esters is 1. The predicted molar refractivity (Wildman–Crippen MR) is 261 cm³/mol. The Hall–Kier alpha value is -6.26. The second kappa shape index (κ2) is 31.9. The van der Waals surface area contributed by atoms with Gasteiger partial charge in [0, 0.05) is 44.8 Å². The first-order valence-corrected chi connectivity index (χ1v) is 24.3. The van der Waals surface area contributed by atoms with E-state index in [1.807, 2.05) is 20.8 Å². The van der Waals surface area contributed by atoms with Crippen molar-refractivity contribution in [1.82, 2.24) is 42.1 Å². The molecule has 2 rings (SSSR count). The number of carbonyl (C=O) groups excluding carboxylic acids is 10. The standard InChI is InChI=1S/C49H77N9O13/c1-7-9-19-35(20-16-24-51-39(60)22-23-49(69,8-2)47(68)71-33(3)50)56-43(64)31-70-32-55-41(62)29-54-45(66)37(26-34-17-12-10-13-18-34)57-42(63)30-53-40(61)28-52-38(59)21-14-11-15-25-58-44(65)27-36(46(58)67)48(4,5)6/h7,10,12-13,17-18,33,35-37,69H,1,8-9,11,14-16,19-32,50H2,2-6H3,(H,51,60)(H,52,59)(H,53,61)(H,54,66)(H,55,62)(H,56,64)(H,57,63)/t33?,35-,36?,37-,49-/m0/s1. The van der Waals surface area contributed by atoms with E-state index in [-0.39, 0.29) is 106 Å². The van der Waals surface area contributed by atoms with E-state index in [0.717, 1.165) is 0 Å². The van der Waals surface area contributed by atoms with Gasteiger partial charge in [-0.3, -0.25) is 53.8 Å². The maximum atomic E-state index is 13.2. The number of nitrogens with two attached hydrogens (primary N) is 1. The molecule has 396 valence electrons. The van der Waals surface area contributed by atoms with Crippen molar-refractivity contribution in [3.63, 3.8) is 0 Å². The molecular formula is C49H77N9O13. The normalized spacial score (nSPS) is 15.5. The Morgan fingerprint density at radius 3 is 2.11 bits per heavy atom. The molecule has 9 amide bonds. The third-order valence-corrected chi connectivity index (χ3v) is 11.6. The lowest BCUT2D eigenvalue weighted by atomic mass is 9.80. The van der Waals surface area contributed by atoms with E-state index in [9.17, 15) is 53.1 Å². The summed E-state index contributed by atoms with van der Waals surface area (Å²) in [5, 5.41) is 28.6. The number of aliphatic hydroxyl groups is 1. The van der Waals surface area contributed by atoms with E-state index >= 15 is 0 Å². The molecule has 1 aromatic carbocycles. The summed E-state index contributed by atoms with van der Waals surface area (Å²) in [6, 6.07) is 7.39.